The summed E-state index contributed by atoms with van der Waals surface area (Å²) in [5.41, 5.74) is 1.05. The molecule has 3 heteroatoms. The van der Waals surface area contributed by atoms with Gasteiger partial charge in [-0.15, -0.1) is 0 Å². The number of hydrogen-bond donors (Lipinski definition) is 1. The van der Waals surface area contributed by atoms with E-state index >= 15 is 0 Å². The molecule has 1 aliphatic carbocycles. The molecule has 1 saturated carbocycles. The van der Waals surface area contributed by atoms with Gasteiger partial charge >= 0.3 is 0 Å². The van der Waals surface area contributed by atoms with Crippen molar-refractivity contribution in [1.82, 2.24) is 10.3 Å². The molecule has 0 unspecified atom stereocenters. The van der Waals surface area contributed by atoms with Crippen LogP contribution >= 0.6 is 0 Å². The second-order valence-electron chi connectivity index (χ2n) is 6.00. The van der Waals surface area contributed by atoms with Crippen LogP contribution in [0.2, 0.25) is 0 Å². The summed E-state index contributed by atoms with van der Waals surface area (Å²) in [6, 6.07) is 6.53. The van der Waals surface area contributed by atoms with E-state index in [1.807, 2.05) is 18.2 Å². The highest BCUT2D eigenvalue weighted by molar-refractivity contribution is 5.16. The first-order valence-corrected chi connectivity index (χ1v) is 7.49. The first-order valence-electron chi connectivity index (χ1n) is 7.49. The van der Waals surface area contributed by atoms with Gasteiger partial charge in [-0.05, 0) is 37.7 Å². The van der Waals surface area contributed by atoms with Crippen LogP contribution in [0.1, 0.15) is 52.1 Å². The predicted octanol–water partition coefficient (Wildman–Crippen LogP) is 3.54. The molecule has 0 bridgehead atoms. The van der Waals surface area contributed by atoms with E-state index in [0.717, 1.165) is 36.9 Å². The fraction of sp³-hybridized carbons (Fsp3) is 0.688. The SMILES string of the molecule is CC1CCC(Oc2cccc(CNC(C)C)n2)CC1. The normalized spacial score (nSPS) is 23.6. The van der Waals surface area contributed by atoms with Gasteiger partial charge in [0, 0.05) is 18.7 Å². The van der Waals surface area contributed by atoms with E-state index in [1.165, 1.54) is 12.8 Å². The van der Waals surface area contributed by atoms with Gasteiger partial charge in [-0.2, -0.15) is 0 Å². The van der Waals surface area contributed by atoms with Crippen molar-refractivity contribution in [2.24, 2.45) is 5.92 Å². The van der Waals surface area contributed by atoms with Crippen LogP contribution in [-0.2, 0) is 6.54 Å². The number of nitrogens with one attached hydrogen (secondary N) is 1. The molecule has 1 aliphatic rings. The molecule has 1 heterocycles. The van der Waals surface area contributed by atoms with Crippen molar-refractivity contribution in [3.05, 3.63) is 23.9 Å². The molecule has 106 valence electrons. The van der Waals surface area contributed by atoms with Crippen molar-refractivity contribution < 1.29 is 4.74 Å². The molecule has 19 heavy (non-hydrogen) atoms. The molecule has 1 fully saturated rings. The van der Waals surface area contributed by atoms with E-state index in [-0.39, 0.29) is 0 Å². The summed E-state index contributed by atoms with van der Waals surface area (Å²) in [6.07, 6.45) is 5.24. The molecule has 0 aromatic carbocycles. The van der Waals surface area contributed by atoms with E-state index in [4.69, 9.17) is 4.74 Å². The minimum atomic E-state index is 0.358. The summed E-state index contributed by atoms with van der Waals surface area (Å²) in [6.45, 7) is 7.41. The molecule has 0 spiro atoms. The van der Waals surface area contributed by atoms with Crippen LogP contribution in [0.5, 0.6) is 5.88 Å². The van der Waals surface area contributed by atoms with Crippen LogP contribution in [0, 0.1) is 5.92 Å². The van der Waals surface area contributed by atoms with Crippen molar-refractivity contribution in [3.8, 4) is 5.88 Å². The maximum Gasteiger partial charge on any atom is 0.213 e. The van der Waals surface area contributed by atoms with Crippen LogP contribution in [0.3, 0.4) is 0 Å². The zero-order valence-corrected chi connectivity index (χ0v) is 12.4. The van der Waals surface area contributed by atoms with Crippen molar-refractivity contribution in [3.63, 3.8) is 0 Å². The third-order valence-corrected chi connectivity index (χ3v) is 3.72. The number of hydrogen-bond acceptors (Lipinski definition) is 3. The molecule has 1 aromatic heterocycles. The van der Waals surface area contributed by atoms with Crippen molar-refractivity contribution in [2.75, 3.05) is 0 Å². The van der Waals surface area contributed by atoms with Gasteiger partial charge in [-0.3, -0.25) is 0 Å². The highest BCUT2D eigenvalue weighted by atomic mass is 16.5. The van der Waals surface area contributed by atoms with Crippen LogP contribution in [0.25, 0.3) is 0 Å². The zero-order chi connectivity index (χ0) is 13.7. The van der Waals surface area contributed by atoms with Gasteiger partial charge < -0.3 is 10.1 Å². The van der Waals surface area contributed by atoms with Gasteiger partial charge in [0.25, 0.3) is 0 Å². The van der Waals surface area contributed by atoms with Gasteiger partial charge in [-0.1, -0.05) is 26.8 Å². The molecular formula is C16H26N2O. The summed E-state index contributed by atoms with van der Waals surface area (Å²) in [5, 5.41) is 3.38. The summed E-state index contributed by atoms with van der Waals surface area (Å²) in [5.74, 6) is 1.64. The molecule has 0 saturated heterocycles. The van der Waals surface area contributed by atoms with E-state index < -0.39 is 0 Å². The van der Waals surface area contributed by atoms with Crippen molar-refractivity contribution in [1.29, 1.82) is 0 Å². The Balaban J connectivity index is 1.88. The Morgan fingerprint density at radius 3 is 2.68 bits per heavy atom. The van der Waals surface area contributed by atoms with Gasteiger partial charge in [0.1, 0.15) is 6.10 Å². The van der Waals surface area contributed by atoms with Gasteiger partial charge in [0.05, 0.1) is 5.69 Å². The monoisotopic (exact) mass is 262 g/mol. The second kappa shape index (κ2) is 6.90. The van der Waals surface area contributed by atoms with Crippen molar-refractivity contribution >= 4 is 0 Å². The average molecular weight is 262 g/mol. The first kappa shape index (κ1) is 14.3. The Labute approximate surface area is 116 Å². The lowest BCUT2D eigenvalue weighted by atomic mass is 9.89. The highest BCUT2D eigenvalue weighted by Crippen LogP contribution is 2.26. The van der Waals surface area contributed by atoms with Gasteiger partial charge in [-0.25, -0.2) is 4.98 Å². The van der Waals surface area contributed by atoms with Crippen molar-refractivity contribution in [2.45, 2.75) is 65.1 Å². The van der Waals surface area contributed by atoms with E-state index in [2.05, 4.69) is 31.1 Å². The molecule has 0 amide bonds. The maximum absolute atomic E-state index is 6.01. The molecule has 0 atom stereocenters. The Morgan fingerprint density at radius 2 is 2.00 bits per heavy atom. The van der Waals surface area contributed by atoms with Gasteiger partial charge in [0.15, 0.2) is 0 Å². The summed E-state index contributed by atoms with van der Waals surface area (Å²) in [4.78, 5) is 4.57. The lowest BCUT2D eigenvalue weighted by molar-refractivity contribution is 0.130. The molecule has 2 rings (SSSR count). The average Bonchev–Trinajstić information content (AvgIpc) is 2.40. The highest BCUT2D eigenvalue weighted by Gasteiger charge is 2.19. The zero-order valence-electron chi connectivity index (χ0n) is 12.4. The second-order valence-corrected chi connectivity index (χ2v) is 6.00. The number of nitrogens with zero attached hydrogens (tertiary/aromatic N) is 1. The minimum Gasteiger partial charge on any atom is -0.474 e. The summed E-state index contributed by atoms with van der Waals surface area (Å²) < 4.78 is 6.01. The molecule has 0 radical (unpaired) electrons. The number of rotatable bonds is 5. The first-order chi connectivity index (χ1) is 9.13. The maximum atomic E-state index is 6.01. The van der Waals surface area contributed by atoms with E-state index in [1.54, 1.807) is 0 Å². The molecular weight excluding hydrogens is 236 g/mol. The fourth-order valence-electron chi connectivity index (χ4n) is 2.45. The van der Waals surface area contributed by atoms with E-state index in [0.29, 0.717) is 12.1 Å². The molecule has 1 N–H and O–H groups in total. The number of ether oxygens (including phenoxy) is 1. The third kappa shape index (κ3) is 4.83. The van der Waals surface area contributed by atoms with Crippen LogP contribution in [0.15, 0.2) is 18.2 Å². The number of aromatic nitrogens is 1. The minimum absolute atomic E-state index is 0.358. The summed E-state index contributed by atoms with van der Waals surface area (Å²) >= 11 is 0. The lowest BCUT2D eigenvalue weighted by Gasteiger charge is -2.26. The Hall–Kier alpha value is -1.09. The fourth-order valence-corrected chi connectivity index (χ4v) is 2.45. The van der Waals surface area contributed by atoms with E-state index in [9.17, 15) is 0 Å². The smallest absolute Gasteiger partial charge is 0.213 e. The Kier molecular flexibility index (Phi) is 5.20. The molecule has 0 aliphatic heterocycles. The Bertz CT molecular complexity index is 384. The topological polar surface area (TPSA) is 34.1 Å². The van der Waals surface area contributed by atoms with Crippen LogP contribution in [0.4, 0.5) is 0 Å². The third-order valence-electron chi connectivity index (χ3n) is 3.72. The number of pyridine rings is 1. The molecule has 3 nitrogen and oxygen atoms in total. The van der Waals surface area contributed by atoms with Crippen LogP contribution < -0.4 is 10.1 Å². The standard InChI is InChI=1S/C16H26N2O/c1-12(2)17-11-14-5-4-6-16(18-14)19-15-9-7-13(3)8-10-15/h4-6,12-13,15,17H,7-11H2,1-3H3. The summed E-state index contributed by atoms with van der Waals surface area (Å²) in [7, 11) is 0. The van der Waals surface area contributed by atoms with Crippen LogP contribution in [-0.4, -0.2) is 17.1 Å². The predicted molar refractivity (Wildman–Crippen MR) is 78.3 cm³/mol. The molecule has 1 aromatic rings. The lowest BCUT2D eigenvalue weighted by Crippen LogP contribution is -2.24. The quantitative estimate of drug-likeness (QED) is 0.881. The Morgan fingerprint density at radius 1 is 1.26 bits per heavy atom. The van der Waals surface area contributed by atoms with Gasteiger partial charge in [0.2, 0.25) is 5.88 Å². The largest absolute Gasteiger partial charge is 0.474 e.